The van der Waals surface area contributed by atoms with E-state index in [1.165, 1.54) is 24.3 Å². The average molecular weight is 354 g/mol. The minimum Gasteiger partial charge on any atom is -0.503 e. The summed E-state index contributed by atoms with van der Waals surface area (Å²) >= 11 is 1.69. The number of nitrogens with one attached hydrogen (secondary N) is 1. The van der Waals surface area contributed by atoms with E-state index in [0.717, 1.165) is 0 Å². The number of allylic oxidation sites excluding steroid dienone is 2. The van der Waals surface area contributed by atoms with E-state index < -0.39 is 17.1 Å². The molecule has 1 rings (SSSR count). The molecular weight excluding hydrogens is 350 g/mol. The monoisotopic (exact) mass is 354 g/mol. The van der Waals surface area contributed by atoms with Gasteiger partial charge in [-0.2, -0.15) is 15.8 Å². The maximum atomic E-state index is 13.4. The Kier molecular flexibility index (Phi) is 4.47. The van der Waals surface area contributed by atoms with Gasteiger partial charge in [-0.3, -0.25) is 0 Å². The van der Waals surface area contributed by atoms with Gasteiger partial charge in [0.15, 0.2) is 17.1 Å². The number of nitrogens with zero attached hydrogens (tertiary/aromatic N) is 3. The second kappa shape index (κ2) is 5.85. The molecule has 0 saturated heterocycles. The number of aromatic hydroxyl groups is 1. The number of rotatable bonds is 2. The summed E-state index contributed by atoms with van der Waals surface area (Å²) in [5.74, 6) is -1.52. The summed E-state index contributed by atoms with van der Waals surface area (Å²) in [5.41, 5.74) is -0.890. The molecule has 0 radical (unpaired) electrons. The van der Waals surface area contributed by atoms with Crippen LogP contribution in [0.4, 0.5) is 10.1 Å². The fraction of sp³-hybridized carbons (Fsp3) is 0. The summed E-state index contributed by atoms with van der Waals surface area (Å²) in [7, 11) is 0. The largest absolute Gasteiger partial charge is 0.503 e. The van der Waals surface area contributed by atoms with Crippen LogP contribution >= 0.6 is 22.6 Å². The zero-order valence-corrected chi connectivity index (χ0v) is 10.9. The number of halogens is 2. The molecule has 7 heteroatoms. The smallest absolute Gasteiger partial charge is 0.180 e. The third-order valence-electron chi connectivity index (χ3n) is 1.91. The third kappa shape index (κ3) is 2.68. The summed E-state index contributed by atoms with van der Waals surface area (Å²) in [5, 5.41) is 37.9. The molecule has 1 aromatic carbocycles. The first kappa shape index (κ1) is 13.8. The van der Waals surface area contributed by atoms with E-state index in [2.05, 4.69) is 5.32 Å². The van der Waals surface area contributed by atoms with Crippen LogP contribution < -0.4 is 5.32 Å². The molecule has 5 nitrogen and oxygen atoms in total. The van der Waals surface area contributed by atoms with Crippen molar-refractivity contribution in [2.45, 2.75) is 0 Å². The molecule has 0 spiro atoms. The van der Waals surface area contributed by atoms with Crippen molar-refractivity contribution in [3.05, 3.63) is 32.8 Å². The van der Waals surface area contributed by atoms with Gasteiger partial charge < -0.3 is 10.4 Å². The fourth-order valence-corrected chi connectivity index (χ4v) is 1.49. The Morgan fingerprint density at radius 2 is 1.83 bits per heavy atom. The Bertz CT molecular complexity index is 633. The highest BCUT2D eigenvalue weighted by Crippen LogP contribution is 2.30. The van der Waals surface area contributed by atoms with Crippen LogP contribution in [0.1, 0.15) is 0 Å². The van der Waals surface area contributed by atoms with Gasteiger partial charge in [-0.1, -0.05) is 0 Å². The van der Waals surface area contributed by atoms with E-state index in [-0.39, 0.29) is 15.0 Å². The molecule has 0 unspecified atom stereocenters. The van der Waals surface area contributed by atoms with Gasteiger partial charge in [0.25, 0.3) is 0 Å². The second-order valence-electron chi connectivity index (χ2n) is 2.97. The lowest BCUT2D eigenvalue weighted by molar-refractivity contribution is 0.432. The first-order chi connectivity index (χ1) is 8.54. The standard InChI is InChI=1S/C11H4FIN4O/c12-10-7(13)1-2-8(11(10)18)17-9(5-16)6(3-14)4-15/h1-2,17-18H. The van der Waals surface area contributed by atoms with E-state index in [4.69, 9.17) is 15.8 Å². The van der Waals surface area contributed by atoms with Gasteiger partial charge in [0.05, 0.1) is 9.26 Å². The minimum atomic E-state index is -0.839. The van der Waals surface area contributed by atoms with Crippen molar-refractivity contribution in [1.82, 2.24) is 0 Å². The molecule has 18 heavy (non-hydrogen) atoms. The molecule has 0 saturated carbocycles. The Hall–Kier alpha value is -2.31. The van der Waals surface area contributed by atoms with Crippen molar-refractivity contribution in [2.75, 3.05) is 5.32 Å². The van der Waals surface area contributed by atoms with Gasteiger partial charge in [-0.05, 0) is 34.7 Å². The van der Waals surface area contributed by atoms with E-state index >= 15 is 0 Å². The zero-order chi connectivity index (χ0) is 13.7. The normalized spacial score (nSPS) is 8.61. The molecular formula is C11H4FIN4O. The van der Waals surface area contributed by atoms with Crippen molar-refractivity contribution < 1.29 is 9.50 Å². The maximum Gasteiger partial charge on any atom is 0.180 e. The average Bonchev–Trinajstić information content (AvgIpc) is 2.38. The van der Waals surface area contributed by atoms with Crippen molar-refractivity contribution >= 4 is 28.3 Å². The van der Waals surface area contributed by atoms with Gasteiger partial charge >= 0.3 is 0 Å². The van der Waals surface area contributed by atoms with E-state index in [1.54, 1.807) is 28.7 Å². The lowest BCUT2D eigenvalue weighted by Gasteiger charge is -2.08. The molecule has 2 N–H and O–H groups in total. The number of phenolic OH excluding ortho intramolecular Hbond substituents is 1. The van der Waals surface area contributed by atoms with Crippen LogP contribution in [0.3, 0.4) is 0 Å². The van der Waals surface area contributed by atoms with Crippen LogP contribution in [-0.2, 0) is 0 Å². The van der Waals surface area contributed by atoms with Gasteiger partial charge in [-0.25, -0.2) is 4.39 Å². The van der Waals surface area contributed by atoms with Gasteiger partial charge in [-0.15, -0.1) is 0 Å². The van der Waals surface area contributed by atoms with Crippen LogP contribution in [-0.4, -0.2) is 5.11 Å². The molecule has 0 atom stereocenters. The molecule has 0 aliphatic heterocycles. The van der Waals surface area contributed by atoms with Gasteiger partial charge in [0, 0.05) is 0 Å². The SMILES string of the molecule is N#CC(C#N)=C(C#N)Nc1ccc(I)c(F)c1O. The molecule has 88 valence electrons. The number of anilines is 1. The summed E-state index contributed by atoms with van der Waals surface area (Å²) in [6.45, 7) is 0. The van der Waals surface area contributed by atoms with Crippen molar-refractivity contribution in [2.24, 2.45) is 0 Å². The Morgan fingerprint density at radius 3 is 2.33 bits per heavy atom. The van der Waals surface area contributed by atoms with Crippen LogP contribution in [0.2, 0.25) is 0 Å². The van der Waals surface area contributed by atoms with Crippen molar-refractivity contribution in [3.63, 3.8) is 0 Å². The molecule has 1 aromatic rings. The first-order valence-corrected chi connectivity index (χ1v) is 5.51. The number of nitriles is 3. The number of hydrogen-bond donors (Lipinski definition) is 2. The van der Waals surface area contributed by atoms with Crippen molar-refractivity contribution in [3.8, 4) is 24.0 Å². The zero-order valence-electron chi connectivity index (χ0n) is 8.70. The highest BCUT2D eigenvalue weighted by Gasteiger charge is 2.13. The Morgan fingerprint density at radius 1 is 1.22 bits per heavy atom. The predicted octanol–water partition coefficient (Wildman–Crippen LogP) is 2.37. The molecule has 0 aliphatic rings. The second-order valence-corrected chi connectivity index (χ2v) is 4.13. The maximum absolute atomic E-state index is 13.4. The first-order valence-electron chi connectivity index (χ1n) is 4.43. The summed E-state index contributed by atoms with van der Waals surface area (Å²) < 4.78 is 13.6. The molecule has 0 bridgehead atoms. The van der Waals surface area contributed by atoms with Crippen molar-refractivity contribution in [1.29, 1.82) is 15.8 Å². The number of benzene rings is 1. The Balaban J connectivity index is 3.26. The third-order valence-corrected chi connectivity index (χ3v) is 2.75. The number of phenols is 1. The molecule has 0 amide bonds. The lowest BCUT2D eigenvalue weighted by atomic mass is 10.2. The quantitative estimate of drug-likeness (QED) is 0.482. The molecule has 0 aromatic heterocycles. The van der Waals surface area contributed by atoms with Crippen LogP contribution in [0.25, 0.3) is 0 Å². The Labute approximate surface area is 116 Å². The predicted molar refractivity (Wildman–Crippen MR) is 68.3 cm³/mol. The van der Waals surface area contributed by atoms with E-state index in [0.29, 0.717) is 0 Å². The van der Waals surface area contributed by atoms with Gasteiger partial charge in [0.1, 0.15) is 23.9 Å². The molecule has 0 aliphatic carbocycles. The molecule has 0 fully saturated rings. The minimum absolute atomic E-state index is 0.0903. The van der Waals surface area contributed by atoms with Crippen LogP contribution in [0.15, 0.2) is 23.4 Å². The molecule has 0 heterocycles. The van der Waals surface area contributed by atoms with Crippen LogP contribution in [0, 0.1) is 43.4 Å². The van der Waals surface area contributed by atoms with E-state index in [1.807, 2.05) is 0 Å². The summed E-state index contributed by atoms with van der Waals surface area (Å²) in [6.07, 6.45) is 0. The lowest BCUT2D eigenvalue weighted by Crippen LogP contribution is -2.02. The van der Waals surface area contributed by atoms with Gasteiger partial charge in [0.2, 0.25) is 0 Å². The fourth-order valence-electron chi connectivity index (χ4n) is 1.06. The summed E-state index contributed by atoms with van der Waals surface area (Å²) in [6, 6.07) is 7.37. The highest BCUT2D eigenvalue weighted by molar-refractivity contribution is 14.1. The highest BCUT2D eigenvalue weighted by atomic mass is 127. The van der Waals surface area contributed by atoms with Crippen LogP contribution in [0.5, 0.6) is 5.75 Å². The topological polar surface area (TPSA) is 104 Å². The van der Waals surface area contributed by atoms with E-state index in [9.17, 15) is 9.50 Å². The summed E-state index contributed by atoms with van der Waals surface area (Å²) in [4.78, 5) is 0. The number of hydrogen-bond acceptors (Lipinski definition) is 5.